The van der Waals surface area contributed by atoms with Crippen LogP contribution >= 0.6 is 11.8 Å². The number of hydrogen-bond acceptors (Lipinski definition) is 3. The average molecular weight is 336 g/mol. The number of carbonyl (C=O) groups is 1. The summed E-state index contributed by atoms with van der Waals surface area (Å²) in [5.74, 6) is 2.29. The molecular weight excluding hydrogens is 306 g/mol. The minimum Gasteiger partial charge on any atom is -0.336 e. The van der Waals surface area contributed by atoms with Crippen LogP contribution in [0.1, 0.15) is 45.2 Å². The summed E-state index contributed by atoms with van der Waals surface area (Å²) in [6, 6.07) is 10.9. The Kier molecular flexibility index (Phi) is 6.78. The van der Waals surface area contributed by atoms with Crippen LogP contribution in [0.25, 0.3) is 0 Å². The lowest BCUT2D eigenvalue weighted by Gasteiger charge is -2.31. The topological polar surface area (TPSA) is 53.2 Å². The van der Waals surface area contributed by atoms with E-state index < -0.39 is 0 Å². The fourth-order valence-corrected chi connectivity index (χ4v) is 3.95. The molecule has 1 fully saturated rings. The predicted octanol–water partition coefficient (Wildman–Crippen LogP) is 3.31. The van der Waals surface area contributed by atoms with Crippen molar-refractivity contribution in [3.8, 4) is 0 Å². The molecule has 128 valence electrons. The van der Waals surface area contributed by atoms with Crippen molar-refractivity contribution in [2.75, 3.05) is 18.1 Å². The van der Waals surface area contributed by atoms with E-state index in [0.717, 1.165) is 24.3 Å². The van der Waals surface area contributed by atoms with Crippen LogP contribution in [-0.2, 0) is 0 Å². The Bertz CT molecular complexity index is 486. The molecule has 0 unspecified atom stereocenters. The van der Waals surface area contributed by atoms with Gasteiger partial charge in [0.1, 0.15) is 0 Å². The van der Waals surface area contributed by atoms with Crippen LogP contribution in [0.5, 0.6) is 0 Å². The van der Waals surface area contributed by atoms with E-state index in [-0.39, 0.29) is 17.6 Å². The first-order chi connectivity index (χ1) is 11.0. The van der Waals surface area contributed by atoms with Crippen LogP contribution in [0.2, 0.25) is 0 Å². The predicted molar refractivity (Wildman–Crippen MR) is 99.0 cm³/mol. The zero-order valence-corrected chi connectivity index (χ0v) is 15.2. The van der Waals surface area contributed by atoms with Crippen molar-refractivity contribution in [2.24, 2.45) is 0 Å². The first-order valence-electron chi connectivity index (χ1n) is 8.41. The molecule has 1 atom stereocenters. The number of amides is 2. The van der Waals surface area contributed by atoms with Gasteiger partial charge in [-0.15, -0.1) is 0 Å². The van der Waals surface area contributed by atoms with Crippen LogP contribution in [-0.4, -0.2) is 35.7 Å². The molecule has 1 aliphatic rings. The molecule has 1 aromatic carbocycles. The highest BCUT2D eigenvalue weighted by Gasteiger charge is 2.22. The minimum absolute atomic E-state index is 0.0517. The molecule has 0 spiro atoms. The van der Waals surface area contributed by atoms with E-state index in [1.54, 1.807) is 0 Å². The summed E-state index contributed by atoms with van der Waals surface area (Å²) < 4.78 is 0. The van der Waals surface area contributed by atoms with Gasteiger partial charge in [-0.3, -0.25) is 0 Å². The lowest BCUT2D eigenvalue weighted by Crippen LogP contribution is -2.53. The molecular formula is C18H29N3OS. The molecule has 1 aliphatic heterocycles. The van der Waals surface area contributed by atoms with Gasteiger partial charge in [-0.05, 0) is 50.7 Å². The summed E-state index contributed by atoms with van der Waals surface area (Å²) in [6.45, 7) is 6.97. The summed E-state index contributed by atoms with van der Waals surface area (Å²) in [4.78, 5) is 12.1. The van der Waals surface area contributed by atoms with Gasteiger partial charge in [0.2, 0.25) is 0 Å². The lowest BCUT2D eigenvalue weighted by atomic mass is 10.0. The molecule has 3 N–H and O–H groups in total. The third kappa shape index (κ3) is 6.43. The monoisotopic (exact) mass is 335 g/mol. The quantitative estimate of drug-likeness (QED) is 0.747. The Hall–Kier alpha value is -1.20. The Labute approximate surface area is 144 Å². The van der Waals surface area contributed by atoms with Crippen LogP contribution in [0.3, 0.4) is 0 Å². The van der Waals surface area contributed by atoms with Gasteiger partial charge < -0.3 is 16.0 Å². The van der Waals surface area contributed by atoms with Gasteiger partial charge in [0.05, 0.1) is 0 Å². The summed E-state index contributed by atoms with van der Waals surface area (Å²) >= 11 is 1.97. The standard InChI is InChI=1S/C18H29N3OS/c1-14(15-7-5-4-6-8-15)21-18(2,3)13-19-17(22)20-16-9-11-23-12-10-16/h4-8,14,16,21H,9-13H2,1-3H3,(H2,19,20,22)/t14-/m0/s1. The Balaban J connectivity index is 1.75. The van der Waals surface area contributed by atoms with Gasteiger partial charge in [0, 0.05) is 24.2 Å². The van der Waals surface area contributed by atoms with Gasteiger partial charge in [-0.2, -0.15) is 11.8 Å². The number of urea groups is 1. The molecule has 2 rings (SSSR count). The van der Waals surface area contributed by atoms with E-state index in [4.69, 9.17) is 0 Å². The maximum absolute atomic E-state index is 12.1. The van der Waals surface area contributed by atoms with Crippen molar-refractivity contribution in [2.45, 2.75) is 51.2 Å². The number of carbonyl (C=O) groups excluding carboxylic acids is 1. The highest BCUT2D eigenvalue weighted by molar-refractivity contribution is 7.99. The molecule has 0 bridgehead atoms. The van der Waals surface area contributed by atoms with Crippen molar-refractivity contribution < 1.29 is 4.79 Å². The molecule has 1 aromatic rings. The largest absolute Gasteiger partial charge is 0.336 e. The van der Waals surface area contributed by atoms with E-state index in [1.807, 2.05) is 17.8 Å². The van der Waals surface area contributed by atoms with Crippen molar-refractivity contribution in [1.29, 1.82) is 0 Å². The number of rotatable bonds is 6. The molecule has 0 saturated carbocycles. The molecule has 0 aliphatic carbocycles. The van der Waals surface area contributed by atoms with Gasteiger partial charge in [0.25, 0.3) is 0 Å². The van der Waals surface area contributed by atoms with Gasteiger partial charge in [-0.1, -0.05) is 30.3 Å². The molecule has 4 nitrogen and oxygen atoms in total. The Morgan fingerprint density at radius 2 is 1.91 bits per heavy atom. The maximum atomic E-state index is 12.1. The van der Waals surface area contributed by atoms with E-state index in [1.165, 1.54) is 5.56 Å². The van der Waals surface area contributed by atoms with E-state index in [2.05, 4.69) is 61.0 Å². The third-order valence-corrected chi connectivity index (χ3v) is 5.20. The number of nitrogens with one attached hydrogen (secondary N) is 3. The van der Waals surface area contributed by atoms with Crippen molar-refractivity contribution in [3.63, 3.8) is 0 Å². The number of benzene rings is 1. The van der Waals surface area contributed by atoms with Crippen molar-refractivity contribution in [1.82, 2.24) is 16.0 Å². The lowest BCUT2D eigenvalue weighted by molar-refractivity contribution is 0.230. The third-order valence-electron chi connectivity index (χ3n) is 4.15. The highest BCUT2D eigenvalue weighted by Crippen LogP contribution is 2.17. The second-order valence-corrected chi connectivity index (χ2v) is 8.10. The van der Waals surface area contributed by atoms with Crippen LogP contribution in [0.4, 0.5) is 4.79 Å². The van der Waals surface area contributed by atoms with E-state index >= 15 is 0 Å². The number of thioether (sulfide) groups is 1. The molecule has 23 heavy (non-hydrogen) atoms. The molecule has 1 saturated heterocycles. The summed E-state index contributed by atoms with van der Waals surface area (Å²) in [5, 5.41) is 9.68. The van der Waals surface area contributed by atoms with Crippen LogP contribution in [0, 0.1) is 0 Å². The van der Waals surface area contributed by atoms with E-state index in [9.17, 15) is 4.79 Å². The summed E-state index contributed by atoms with van der Waals surface area (Å²) in [7, 11) is 0. The Morgan fingerprint density at radius 1 is 1.26 bits per heavy atom. The minimum atomic E-state index is -0.172. The fourth-order valence-electron chi connectivity index (χ4n) is 2.84. The highest BCUT2D eigenvalue weighted by atomic mass is 32.2. The smallest absolute Gasteiger partial charge is 0.315 e. The molecule has 5 heteroatoms. The zero-order chi connectivity index (χ0) is 16.7. The van der Waals surface area contributed by atoms with Gasteiger partial charge in [-0.25, -0.2) is 4.79 Å². The normalized spacial score (nSPS) is 17.5. The molecule has 0 radical (unpaired) electrons. The average Bonchev–Trinajstić information content (AvgIpc) is 2.54. The van der Waals surface area contributed by atoms with Gasteiger partial charge in [0.15, 0.2) is 0 Å². The first-order valence-corrected chi connectivity index (χ1v) is 9.56. The van der Waals surface area contributed by atoms with Gasteiger partial charge >= 0.3 is 6.03 Å². The second kappa shape index (κ2) is 8.60. The van der Waals surface area contributed by atoms with Crippen LogP contribution in [0.15, 0.2) is 30.3 Å². The zero-order valence-electron chi connectivity index (χ0n) is 14.4. The molecule has 2 amide bonds. The maximum Gasteiger partial charge on any atom is 0.315 e. The second-order valence-electron chi connectivity index (χ2n) is 6.87. The summed E-state index contributed by atoms with van der Waals surface area (Å²) in [6.07, 6.45) is 2.15. The SMILES string of the molecule is C[C@H](NC(C)(C)CNC(=O)NC1CCSCC1)c1ccccc1. The van der Waals surface area contributed by atoms with Crippen molar-refractivity contribution in [3.05, 3.63) is 35.9 Å². The Morgan fingerprint density at radius 3 is 2.57 bits per heavy atom. The van der Waals surface area contributed by atoms with Crippen molar-refractivity contribution >= 4 is 17.8 Å². The summed E-state index contributed by atoms with van der Waals surface area (Å²) in [5.41, 5.74) is 1.08. The first kappa shape index (κ1) is 18.1. The number of hydrogen-bond donors (Lipinski definition) is 3. The fraction of sp³-hybridized carbons (Fsp3) is 0.611. The molecule has 1 heterocycles. The van der Waals surface area contributed by atoms with E-state index in [0.29, 0.717) is 12.6 Å². The van der Waals surface area contributed by atoms with Crippen LogP contribution < -0.4 is 16.0 Å². The molecule has 0 aromatic heterocycles.